The number of hydrogen-bond donors (Lipinski definition) is 3. The first kappa shape index (κ1) is 15.5. The molecule has 2 rings (SSSR count). The van der Waals surface area contributed by atoms with Crippen molar-refractivity contribution in [2.45, 2.75) is 6.42 Å². The predicted molar refractivity (Wildman–Crippen MR) is 82.8 cm³/mol. The average molecular weight is 309 g/mol. The summed E-state index contributed by atoms with van der Waals surface area (Å²) in [4.78, 5) is 12.2. The number of hydrogen-bond acceptors (Lipinski definition) is 4. The van der Waals surface area contributed by atoms with Crippen LogP contribution in [0, 0.1) is 0 Å². The topological polar surface area (TPSA) is 87.3 Å². The molecule has 0 saturated carbocycles. The van der Waals surface area contributed by atoms with Crippen LogP contribution in [0.2, 0.25) is 0 Å². The fraction of sp³-hybridized carbons (Fsp3) is 0.357. The average Bonchev–Trinajstić information content (AvgIpc) is 2.45. The Bertz CT molecular complexity index is 653. The molecule has 0 aromatic heterocycles. The highest BCUT2D eigenvalue weighted by Gasteiger charge is 2.14. The lowest BCUT2D eigenvalue weighted by Gasteiger charge is -2.15. The third kappa shape index (κ3) is 4.87. The Morgan fingerprint density at radius 3 is 2.76 bits per heavy atom. The van der Waals surface area contributed by atoms with Gasteiger partial charge in [0.05, 0.1) is 17.5 Å². The maximum Gasteiger partial charge on any atom is 0.253 e. The lowest BCUT2D eigenvalue weighted by molar-refractivity contribution is 0.0957. The molecule has 21 heavy (non-hydrogen) atoms. The summed E-state index contributed by atoms with van der Waals surface area (Å²) in [6, 6.07) is 6.55. The van der Waals surface area contributed by atoms with Gasteiger partial charge in [-0.05, 0) is 25.1 Å². The van der Waals surface area contributed by atoms with Gasteiger partial charge in [0.25, 0.3) is 5.91 Å². The fourth-order valence-electron chi connectivity index (χ4n) is 2.09. The molecule has 0 atom stereocenters. The Morgan fingerprint density at radius 2 is 2.10 bits per heavy atom. The van der Waals surface area contributed by atoms with E-state index in [9.17, 15) is 13.2 Å². The van der Waals surface area contributed by atoms with Crippen molar-refractivity contribution < 1.29 is 13.2 Å². The molecule has 0 spiro atoms. The second-order valence-corrected chi connectivity index (χ2v) is 6.67. The first-order chi connectivity index (χ1) is 9.96. The molecule has 114 valence electrons. The van der Waals surface area contributed by atoms with Gasteiger partial charge < -0.3 is 10.6 Å². The molecule has 0 aliphatic carbocycles. The first-order valence-electron chi connectivity index (χ1n) is 6.69. The van der Waals surface area contributed by atoms with E-state index in [0.717, 1.165) is 25.8 Å². The number of rotatable bonds is 5. The number of carbonyl (C=O) groups is 1. The zero-order valence-corrected chi connectivity index (χ0v) is 12.7. The monoisotopic (exact) mass is 309 g/mol. The van der Waals surface area contributed by atoms with Crippen LogP contribution in [0.3, 0.4) is 0 Å². The molecule has 0 saturated heterocycles. The molecule has 1 aliphatic rings. The Hall–Kier alpha value is -1.86. The highest BCUT2D eigenvalue weighted by atomic mass is 32.2. The summed E-state index contributed by atoms with van der Waals surface area (Å²) < 4.78 is 25.0. The number of anilines is 1. The van der Waals surface area contributed by atoms with Crippen molar-refractivity contribution in [2.24, 2.45) is 0 Å². The molecular weight excluding hydrogens is 290 g/mol. The molecule has 6 nitrogen and oxygen atoms in total. The van der Waals surface area contributed by atoms with E-state index < -0.39 is 10.0 Å². The maximum atomic E-state index is 12.2. The fourth-order valence-corrected chi connectivity index (χ4v) is 2.67. The molecule has 1 aliphatic heterocycles. The van der Waals surface area contributed by atoms with Crippen molar-refractivity contribution in [2.75, 3.05) is 30.6 Å². The lowest BCUT2D eigenvalue weighted by atomic mass is 10.1. The van der Waals surface area contributed by atoms with Crippen LogP contribution in [0.15, 0.2) is 35.9 Å². The van der Waals surface area contributed by atoms with Crippen LogP contribution in [-0.4, -0.2) is 40.2 Å². The minimum absolute atomic E-state index is 0.289. The smallest absolute Gasteiger partial charge is 0.253 e. The van der Waals surface area contributed by atoms with E-state index in [0.29, 0.717) is 12.1 Å². The van der Waals surface area contributed by atoms with Gasteiger partial charge in [0.1, 0.15) is 0 Å². The number of nitrogens with one attached hydrogen (secondary N) is 3. The van der Waals surface area contributed by atoms with Crippen LogP contribution in [-0.2, 0) is 10.0 Å². The summed E-state index contributed by atoms with van der Waals surface area (Å²) in [6.07, 6.45) is 4.02. The SMILES string of the molecule is CS(=O)(=O)Nc1ccccc1C(=O)NCC1=CCNCC1. The number of benzene rings is 1. The van der Waals surface area contributed by atoms with Gasteiger partial charge in [-0.3, -0.25) is 9.52 Å². The number of sulfonamides is 1. The number of carbonyl (C=O) groups excluding carboxylic acids is 1. The highest BCUT2D eigenvalue weighted by Crippen LogP contribution is 2.16. The van der Waals surface area contributed by atoms with E-state index in [4.69, 9.17) is 0 Å². The Balaban J connectivity index is 2.06. The van der Waals surface area contributed by atoms with Crippen LogP contribution < -0.4 is 15.4 Å². The molecular formula is C14H19N3O3S. The third-order valence-corrected chi connectivity index (χ3v) is 3.69. The molecule has 0 fully saturated rings. The van der Waals surface area contributed by atoms with E-state index >= 15 is 0 Å². The molecule has 1 aromatic rings. The second-order valence-electron chi connectivity index (χ2n) is 4.92. The van der Waals surface area contributed by atoms with Gasteiger partial charge in [0.2, 0.25) is 10.0 Å². The minimum Gasteiger partial charge on any atom is -0.348 e. The minimum atomic E-state index is -3.42. The van der Waals surface area contributed by atoms with Gasteiger partial charge in [-0.15, -0.1) is 0 Å². The van der Waals surface area contributed by atoms with E-state index in [-0.39, 0.29) is 11.6 Å². The van der Waals surface area contributed by atoms with Crippen molar-refractivity contribution >= 4 is 21.6 Å². The molecule has 3 N–H and O–H groups in total. The van der Waals surface area contributed by atoms with E-state index in [2.05, 4.69) is 21.4 Å². The van der Waals surface area contributed by atoms with Crippen molar-refractivity contribution in [3.8, 4) is 0 Å². The normalized spacial score (nSPS) is 15.2. The second kappa shape index (κ2) is 6.73. The van der Waals surface area contributed by atoms with Crippen LogP contribution in [0.1, 0.15) is 16.8 Å². The van der Waals surface area contributed by atoms with E-state index in [1.54, 1.807) is 24.3 Å². The standard InChI is InChI=1S/C14H19N3O3S/c1-21(19,20)17-13-5-3-2-4-12(13)14(18)16-10-11-6-8-15-9-7-11/h2-6,15,17H,7-10H2,1H3,(H,16,18). The highest BCUT2D eigenvalue weighted by molar-refractivity contribution is 7.92. The quantitative estimate of drug-likeness (QED) is 0.699. The maximum absolute atomic E-state index is 12.2. The molecule has 0 unspecified atom stereocenters. The molecule has 1 aromatic carbocycles. The number of amides is 1. The van der Waals surface area contributed by atoms with Crippen molar-refractivity contribution in [1.82, 2.24) is 10.6 Å². The summed E-state index contributed by atoms with van der Waals surface area (Å²) in [5.74, 6) is -0.291. The van der Waals surface area contributed by atoms with Gasteiger partial charge in [-0.2, -0.15) is 0 Å². The number of para-hydroxylation sites is 1. The van der Waals surface area contributed by atoms with Gasteiger partial charge >= 0.3 is 0 Å². The van der Waals surface area contributed by atoms with Crippen LogP contribution >= 0.6 is 0 Å². The lowest BCUT2D eigenvalue weighted by Crippen LogP contribution is -2.30. The molecule has 0 bridgehead atoms. The molecule has 7 heteroatoms. The molecule has 0 radical (unpaired) electrons. The van der Waals surface area contributed by atoms with E-state index in [1.807, 2.05) is 0 Å². The summed E-state index contributed by atoms with van der Waals surface area (Å²) in [6.45, 7) is 2.21. The Labute approximate surface area is 124 Å². The molecule has 1 amide bonds. The predicted octanol–water partition coefficient (Wildman–Crippen LogP) is 0.708. The summed E-state index contributed by atoms with van der Waals surface area (Å²) >= 11 is 0. The zero-order valence-electron chi connectivity index (χ0n) is 11.8. The van der Waals surface area contributed by atoms with Crippen LogP contribution in [0.25, 0.3) is 0 Å². The Morgan fingerprint density at radius 1 is 1.33 bits per heavy atom. The van der Waals surface area contributed by atoms with E-state index in [1.165, 1.54) is 5.57 Å². The van der Waals surface area contributed by atoms with Gasteiger partial charge in [0, 0.05) is 13.1 Å². The first-order valence-corrected chi connectivity index (χ1v) is 8.58. The van der Waals surface area contributed by atoms with Gasteiger partial charge in [-0.1, -0.05) is 23.8 Å². The van der Waals surface area contributed by atoms with Gasteiger partial charge in [-0.25, -0.2) is 8.42 Å². The van der Waals surface area contributed by atoms with Crippen molar-refractivity contribution in [3.63, 3.8) is 0 Å². The zero-order chi connectivity index (χ0) is 15.3. The van der Waals surface area contributed by atoms with Crippen LogP contribution in [0.5, 0.6) is 0 Å². The summed E-state index contributed by atoms with van der Waals surface area (Å²) in [5, 5.41) is 6.03. The van der Waals surface area contributed by atoms with Crippen LogP contribution in [0.4, 0.5) is 5.69 Å². The largest absolute Gasteiger partial charge is 0.348 e. The third-order valence-electron chi connectivity index (χ3n) is 3.10. The molecule has 1 heterocycles. The van der Waals surface area contributed by atoms with Crippen molar-refractivity contribution in [3.05, 3.63) is 41.5 Å². The van der Waals surface area contributed by atoms with Crippen molar-refractivity contribution in [1.29, 1.82) is 0 Å². The summed E-state index contributed by atoms with van der Waals surface area (Å²) in [5.41, 5.74) is 1.78. The van der Waals surface area contributed by atoms with Gasteiger partial charge in [0.15, 0.2) is 0 Å². The Kier molecular flexibility index (Phi) is 4.98. The summed E-state index contributed by atoms with van der Waals surface area (Å²) in [7, 11) is -3.42.